The number of carbonyl (C=O) groups is 4. The summed E-state index contributed by atoms with van der Waals surface area (Å²) in [7, 11) is -9.93. The van der Waals surface area contributed by atoms with Crippen molar-refractivity contribution in [1.82, 2.24) is 0 Å². The molecule has 19 heteroatoms. The highest BCUT2D eigenvalue weighted by Gasteiger charge is 2.30. The number of carbonyl (C=O) groups excluding carboxylic acids is 4. The van der Waals surface area contributed by atoms with Gasteiger partial charge in [-0.25, -0.2) is 9.13 Å². The first kappa shape index (κ1) is 102. The number of ether oxygens (including phenoxy) is 4. The highest BCUT2D eigenvalue weighted by Crippen LogP contribution is 2.45. The van der Waals surface area contributed by atoms with Crippen molar-refractivity contribution >= 4 is 39.5 Å². The minimum Gasteiger partial charge on any atom is -0.462 e. The van der Waals surface area contributed by atoms with E-state index in [9.17, 15) is 43.2 Å². The quantitative estimate of drug-likeness (QED) is 0.0222. The molecule has 0 spiro atoms. The Kier molecular flexibility index (Phi) is 75.0. The maximum atomic E-state index is 13.1. The Labute approximate surface area is 638 Å². The van der Waals surface area contributed by atoms with Crippen LogP contribution in [-0.2, 0) is 65.4 Å². The van der Waals surface area contributed by atoms with Gasteiger partial charge in [-0.3, -0.25) is 37.3 Å². The number of phosphoric ester groups is 2. The number of esters is 4. The number of phosphoric acid groups is 2. The third-order valence-corrected chi connectivity index (χ3v) is 22.2. The first-order valence-corrected chi connectivity index (χ1v) is 47.0. The van der Waals surface area contributed by atoms with Gasteiger partial charge in [0.05, 0.1) is 26.4 Å². The van der Waals surface area contributed by atoms with Crippen molar-refractivity contribution in [3.8, 4) is 0 Å². The van der Waals surface area contributed by atoms with Crippen LogP contribution in [0.4, 0.5) is 0 Å². The fourth-order valence-corrected chi connectivity index (χ4v) is 14.8. The van der Waals surface area contributed by atoms with Gasteiger partial charge < -0.3 is 33.8 Å². The smallest absolute Gasteiger partial charge is 0.462 e. The molecule has 0 rings (SSSR count). The molecule has 618 valence electrons. The van der Waals surface area contributed by atoms with E-state index in [2.05, 4.69) is 41.5 Å². The molecule has 0 bridgehead atoms. The van der Waals surface area contributed by atoms with E-state index in [4.69, 9.17) is 37.0 Å². The summed E-state index contributed by atoms with van der Waals surface area (Å²) in [5, 5.41) is 10.7. The number of unbranched alkanes of at least 4 members (excludes halogenated alkanes) is 53. The zero-order chi connectivity index (χ0) is 76.4. The zero-order valence-corrected chi connectivity index (χ0v) is 70.1. The van der Waals surface area contributed by atoms with E-state index in [1.54, 1.807) is 0 Å². The molecule has 104 heavy (non-hydrogen) atoms. The SMILES string of the molecule is CCCCCCCCCCCCCCCCCC(=O)OC[C@H](COP(=O)(O)OC[C@@H](O)COP(=O)(O)OC[C@@H](COC(=O)CCCCCCCCCCCCCCC)OC(=O)CCCCCCCCCCCCCC(C)C)OC(=O)CCCCCCCCCCCCCCCCCCCCC(C)CC. The highest BCUT2D eigenvalue weighted by atomic mass is 31.2. The summed E-state index contributed by atoms with van der Waals surface area (Å²) in [6, 6.07) is 0. The molecule has 0 amide bonds. The molecular weight excluding hydrogens is 1350 g/mol. The van der Waals surface area contributed by atoms with Crippen LogP contribution in [-0.4, -0.2) is 96.7 Å². The second-order valence-electron chi connectivity index (χ2n) is 31.3. The predicted octanol–water partition coefficient (Wildman–Crippen LogP) is 25.8. The molecule has 0 aromatic heterocycles. The van der Waals surface area contributed by atoms with Gasteiger partial charge in [-0.1, -0.05) is 401 Å². The average Bonchev–Trinajstić information content (AvgIpc) is 0.911. The van der Waals surface area contributed by atoms with E-state index in [0.29, 0.717) is 25.7 Å². The summed E-state index contributed by atoms with van der Waals surface area (Å²) in [5.41, 5.74) is 0. The van der Waals surface area contributed by atoms with Crippen LogP contribution in [0, 0.1) is 11.8 Å². The third kappa shape index (κ3) is 76.8. The molecule has 3 unspecified atom stereocenters. The van der Waals surface area contributed by atoms with Crippen molar-refractivity contribution in [3.05, 3.63) is 0 Å². The van der Waals surface area contributed by atoms with Crippen molar-refractivity contribution in [2.45, 2.75) is 471 Å². The minimum atomic E-state index is -4.96. The molecule has 0 aromatic rings. The van der Waals surface area contributed by atoms with E-state index >= 15 is 0 Å². The maximum absolute atomic E-state index is 13.1. The lowest BCUT2D eigenvalue weighted by Gasteiger charge is -2.21. The van der Waals surface area contributed by atoms with Crippen molar-refractivity contribution in [3.63, 3.8) is 0 Å². The first-order chi connectivity index (χ1) is 50.4. The van der Waals surface area contributed by atoms with Crippen LogP contribution in [0.1, 0.15) is 452 Å². The van der Waals surface area contributed by atoms with Crippen LogP contribution in [0.25, 0.3) is 0 Å². The molecule has 0 heterocycles. The molecule has 3 N–H and O–H groups in total. The van der Waals surface area contributed by atoms with Crippen LogP contribution in [0.5, 0.6) is 0 Å². The fraction of sp³-hybridized carbons (Fsp3) is 0.953. The van der Waals surface area contributed by atoms with Crippen molar-refractivity contribution < 1.29 is 80.2 Å². The summed E-state index contributed by atoms with van der Waals surface area (Å²) in [6.07, 6.45) is 67.9. The highest BCUT2D eigenvalue weighted by molar-refractivity contribution is 7.47. The van der Waals surface area contributed by atoms with Gasteiger partial charge in [0, 0.05) is 25.7 Å². The molecule has 0 radical (unpaired) electrons. The number of hydrogen-bond acceptors (Lipinski definition) is 15. The number of aliphatic hydroxyl groups is 1. The van der Waals surface area contributed by atoms with Gasteiger partial charge >= 0.3 is 39.5 Å². The molecule has 6 atom stereocenters. The van der Waals surface area contributed by atoms with Crippen LogP contribution >= 0.6 is 15.6 Å². The standard InChI is InChI=1S/C85H166O17P2/c1-7-10-12-14-16-18-20-22-27-32-38-44-50-56-62-68-83(88)96-73-80(101-84(89)69-63-57-51-45-39-33-29-26-24-23-25-28-31-36-42-48-54-60-66-78(6)9-3)75-99-103(91,92)97-71-79(86)72-98-104(93,94)100-76-81(74-95-82(87)67-61-55-49-43-37-30-21-19-17-15-13-11-8-2)102-85(90)70-64-58-52-46-40-34-35-41-47-53-59-65-77(4)5/h77-81,86H,7-76H2,1-6H3,(H,91,92)(H,93,94)/t78?,79-,80-,81-/m1/s1. The lowest BCUT2D eigenvalue weighted by atomic mass is 9.99. The average molecular weight is 1520 g/mol. The van der Waals surface area contributed by atoms with Crippen LogP contribution in [0.15, 0.2) is 0 Å². The van der Waals surface area contributed by atoms with Crippen molar-refractivity contribution in [2.75, 3.05) is 39.6 Å². The zero-order valence-electron chi connectivity index (χ0n) is 68.3. The van der Waals surface area contributed by atoms with Gasteiger partial charge in [-0.05, 0) is 37.5 Å². The van der Waals surface area contributed by atoms with Gasteiger partial charge in [0.2, 0.25) is 0 Å². The minimum absolute atomic E-state index is 0.107. The van der Waals surface area contributed by atoms with Gasteiger partial charge in [0.25, 0.3) is 0 Å². The van der Waals surface area contributed by atoms with Crippen molar-refractivity contribution in [2.24, 2.45) is 11.8 Å². The van der Waals surface area contributed by atoms with Crippen LogP contribution < -0.4 is 0 Å². The molecule has 0 aliphatic rings. The Morgan fingerprint density at radius 1 is 0.279 bits per heavy atom. The number of aliphatic hydroxyl groups excluding tert-OH is 1. The van der Waals surface area contributed by atoms with E-state index in [-0.39, 0.29) is 25.7 Å². The summed E-state index contributed by atoms with van der Waals surface area (Å²) in [5.74, 6) is -0.465. The molecule has 0 aliphatic carbocycles. The van der Waals surface area contributed by atoms with E-state index in [1.807, 2.05) is 0 Å². The number of rotatable bonds is 84. The molecule has 0 fully saturated rings. The largest absolute Gasteiger partial charge is 0.472 e. The van der Waals surface area contributed by atoms with E-state index in [1.165, 1.54) is 270 Å². The summed E-state index contributed by atoms with van der Waals surface area (Å²) < 4.78 is 68.9. The van der Waals surface area contributed by atoms with Gasteiger partial charge in [0.15, 0.2) is 12.2 Å². The first-order valence-electron chi connectivity index (χ1n) is 44.0. The summed E-state index contributed by atoms with van der Waals surface area (Å²) in [4.78, 5) is 73.2. The molecule has 0 aliphatic heterocycles. The second-order valence-corrected chi connectivity index (χ2v) is 34.2. The monoisotopic (exact) mass is 1520 g/mol. The normalized spacial score (nSPS) is 14.1. The Morgan fingerprint density at radius 2 is 0.490 bits per heavy atom. The Bertz CT molecular complexity index is 2000. The molecule has 17 nitrogen and oxygen atoms in total. The lowest BCUT2D eigenvalue weighted by Crippen LogP contribution is -2.30. The van der Waals surface area contributed by atoms with Crippen LogP contribution in [0.2, 0.25) is 0 Å². The van der Waals surface area contributed by atoms with E-state index in [0.717, 1.165) is 102 Å². The molecular formula is C85H166O17P2. The maximum Gasteiger partial charge on any atom is 0.472 e. The third-order valence-electron chi connectivity index (χ3n) is 20.3. The summed E-state index contributed by atoms with van der Waals surface area (Å²) >= 11 is 0. The molecule has 0 saturated heterocycles. The molecule has 0 saturated carbocycles. The number of hydrogen-bond donors (Lipinski definition) is 3. The lowest BCUT2D eigenvalue weighted by molar-refractivity contribution is -0.161. The Balaban J connectivity index is 5.24. The fourth-order valence-electron chi connectivity index (χ4n) is 13.2. The van der Waals surface area contributed by atoms with Crippen molar-refractivity contribution in [1.29, 1.82) is 0 Å². The topological polar surface area (TPSA) is 237 Å². The van der Waals surface area contributed by atoms with E-state index < -0.39 is 97.5 Å². The van der Waals surface area contributed by atoms with Gasteiger partial charge in [-0.2, -0.15) is 0 Å². The van der Waals surface area contributed by atoms with Gasteiger partial charge in [0.1, 0.15) is 19.3 Å². The molecule has 0 aromatic carbocycles. The van der Waals surface area contributed by atoms with Crippen LogP contribution in [0.3, 0.4) is 0 Å². The summed E-state index contributed by atoms with van der Waals surface area (Å²) in [6.45, 7) is 9.74. The van der Waals surface area contributed by atoms with Gasteiger partial charge in [-0.15, -0.1) is 0 Å². The predicted molar refractivity (Wildman–Crippen MR) is 428 cm³/mol. The Morgan fingerprint density at radius 3 is 0.731 bits per heavy atom. The Hall–Kier alpha value is -1.94. The second kappa shape index (κ2) is 76.4.